The molecule has 172 valence electrons. The molecule has 9 heteroatoms. The van der Waals surface area contributed by atoms with E-state index in [4.69, 9.17) is 27.4 Å². The lowest BCUT2D eigenvalue weighted by Crippen LogP contribution is -2.20. The van der Waals surface area contributed by atoms with Crippen molar-refractivity contribution in [1.29, 1.82) is 0 Å². The van der Waals surface area contributed by atoms with Crippen molar-refractivity contribution in [3.63, 3.8) is 0 Å². The SMILES string of the molecule is Nc1c2c(nc3ccccc13)N(Cc1ccccc1)CC2.O=C(O)c1cc([N+](=O)[O-])ccc1Cl. The number of nitrogens with zero attached hydrogens (tertiary/aromatic N) is 3. The number of anilines is 2. The number of fused-ring (bicyclic) bond motifs is 2. The van der Waals surface area contributed by atoms with Crippen LogP contribution < -0.4 is 10.6 Å². The monoisotopic (exact) mass is 476 g/mol. The fourth-order valence-corrected chi connectivity index (χ4v) is 4.07. The van der Waals surface area contributed by atoms with Gasteiger partial charge in [-0.25, -0.2) is 9.78 Å². The number of nitro groups is 1. The number of hydrogen-bond donors (Lipinski definition) is 2. The molecule has 0 radical (unpaired) electrons. The predicted octanol–water partition coefficient (Wildman–Crippen LogP) is 5.33. The van der Waals surface area contributed by atoms with Gasteiger partial charge in [-0.05, 0) is 24.1 Å². The number of carboxylic acids is 1. The maximum Gasteiger partial charge on any atom is 0.337 e. The molecular formula is C25H21ClN4O4. The van der Waals surface area contributed by atoms with Crippen molar-refractivity contribution in [3.05, 3.63) is 105 Å². The second kappa shape index (κ2) is 9.76. The molecule has 1 aliphatic rings. The molecule has 0 amide bonds. The van der Waals surface area contributed by atoms with Gasteiger partial charge in [0.15, 0.2) is 0 Å². The molecule has 34 heavy (non-hydrogen) atoms. The predicted molar refractivity (Wildman–Crippen MR) is 132 cm³/mol. The third kappa shape index (κ3) is 4.77. The first-order valence-electron chi connectivity index (χ1n) is 10.5. The van der Waals surface area contributed by atoms with E-state index in [1.807, 2.05) is 24.3 Å². The summed E-state index contributed by atoms with van der Waals surface area (Å²) in [6.45, 7) is 1.87. The Morgan fingerprint density at radius 1 is 1.12 bits per heavy atom. The minimum Gasteiger partial charge on any atom is -0.478 e. The van der Waals surface area contributed by atoms with E-state index in [1.54, 1.807) is 0 Å². The summed E-state index contributed by atoms with van der Waals surface area (Å²) in [7, 11) is 0. The molecule has 0 fully saturated rings. The number of benzene rings is 3. The van der Waals surface area contributed by atoms with Crippen LogP contribution in [-0.2, 0) is 13.0 Å². The maximum absolute atomic E-state index is 10.5. The number of pyridine rings is 1. The number of hydrogen-bond acceptors (Lipinski definition) is 6. The first-order valence-corrected chi connectivity index (χ1v) is 10.9. The highest BCUT2D eigenvalue weighted by Gasteiger charge is 2.24. The molecule has 0 unspecified atom stereocenters. The number of carboxylic acid groups (broad SMARTS) is 1. The number of aromatic carboxylic acids is 1. The Morgan fingerprint density at radius 3 is 2.53 bits per heavy atom. The van der Waals surface area contributed by atoms with Gasteiger partial charge in [-0.1, -0.05) is 60.1 Å². The number of nitrogen functional groups attached to an aromatic ring is 1. The van der Waals surface area contributed by atoms with Crippen molar-refractivity contribution < 1.29 is 14.8 Å². The van der Waals surface area contributed by atoms with Gasteiger partial charge in [0, 0.05) is 41.9 Å². The van der Waals surface area contributed by atoms with Gasteiger partial charge in [0.05, 0.1) is 21.0 Å². The van der Waals surface area contributed by atoms with E-state index in [1.165, 1.54) is 17.2 Å². The molecule has 0 aliphatic carbocycles. The lowest BCUT2D eigenvalue weighted by Gasteiger charge is -2.19. The maximum atomic E-state index is 10.5. The summed E-state index contributed by atoms with van der Waals surface area (Å²) in [5.41, 5.74) is 10.2. The molecule has 0 spiro atoms. The first kappa shape index (κ1) is 23.0. The van der Waals surface area contributed by atoms with E-state index < -0.39 is 10.9 Å². The molecule has 0 saturated carbocycles. The van der Waals surface area contributed by atoms with Crippen LogP contribution in [0.4, 0.5) is 17.2 Å². The van der Waals surface area contributed by atoms with E-state index in [0.29, 0.717) is 0 Å². The van der Waals surface area contributed by atoms with Crippen molar-refractivity contribution in [3.8, 4) is 0 Å². The quantitative estimate of drug-likeness (QED) is 0.301. The Hall–Kier alpha value is -4.17. The highest BCUT2D eigenvalue weighted by Crippen LogP contribution is 2.36. The van der Waals surface area contributed by atoms with Crippen molar-refractivity contribution in [2.45, 2.75) is 13.0 Å². The highest BCUT2D eigenvalue weighted by molar-refractivity contribution is 6.33. The number of nitro benzene ring substituents is 1. The van der Waals surface area contributed by atoms with Crippen LogP contribution in [0.1, 0.15) is 21.5 Å². The van der Waals surface area contributed by atoms with Crippen LogP contribution in [-0.4, -0.2) is 27.5 Å². The lowest BCUT2D eigenvalue weighted by atomic mass is 10.1. The first-order chi connectivity index (χ1) is 16.3. The van der Waals surface area contributed by atoms with Crippen molar-refractivity contribution in [2.24, 2.45) is 0 Å². The number of halogens is 1. The highest BCUT2D eigenvalue weighted by atomic mass is 35.5. The number of aromatic nitrogens is 1. The van der Waals surface area contributed by atoms with E-state index in [2.05, 4.69) is 35.2 Å². The molecular weight excluding hydrogens is 456 g/mol. The summed E-state index contributed by atoms with van der Waals surface area (Å²) >= 11 is 5.49. The van der Waals surface area contributed by atoms with Crippen LogP contribution in [0.3, 0.4) is 0 Å². The molecule has 1 aliphatic heterocycles. The zero-order valence-electron chi connectivity index (χ0n) is 18.0. The fraction of sp³-hybridized carbons (Fsp3) is 0.120. The number of rotatable bonds is 4. The average molecular weight is 477 g/mol. The average Bonchev–Trinajstić information content (AvgIpc) is 3.23. The third-order valence-corrected chi connectivity index (χ3v) is 5.88. The topological polar surface area (TPSA) is 123 Å². The van der Waals surface area contributed by atoms with E-state index >= 15 is 0 Å². The molecule has 2 heterocycles. The van der Waals surface area contributed by atoms with Gasteiger partial charge in [-0.3, -0.25) is 10.1 Å². The second-order valence-electron chi connectivity index (χ2n) is 7.73. The molecule has 8 nitrogen and oxygen atoms in total. The summed E-state index contributed by atoms with van der Waals surface area (Å²) < 4.78 is 0. The molecule has 0 bridgehead atoms. The smallest absolute Gasteiger partial charge is 0.337 e. The van der Waals surface area contributed by atoms with Crippen LogP contribution in [0, 0.1) is 10.1 Å². The molecule has 0 saturated heterocycles. The van der Waals surface area contributed by atoms with Gasteiger partial charge in [-0.15, -0.1) is 0 Å². The molecule has 1 aromatic heterocycles. The van der Waals surface area contributed by atoms with Gasteiger partial charge in [0.2, 0.25) is 0 Å². The molecule has 3 aromatic carbocycles. The number of carbonyl (C=O) groups is 1. The summed E-state index contributed by atoms with van der Waals surface area (Å²) in [4.78, 5) is 27.2. The van der Waals surface area contributed by atoms with Crippen molar-refractivity contribution in [2.75, 3.05) is 17.2 Å². The Morgan fingerprint density at radius 2 is 1.82 bits per heavy atom. The fourth-order valence-electron chi connectivity index (χ4n) is 3.87. The van der Waals surface area contributed by atoms with Crippen LogP contribution in [0.15, 0.2) is 72.8 Å². The van der Waals surface area contributed by atoms with Gasteiger partial charge in [0.25, 0.3) is 5.69 Å². The summed E-state index contributed by atoms with van der Waals surface area (Å²) in [5.74, 6) is -0.233. The summed E-state index contributed by atoms with van der Waals surface area (Å²) in [6.07, 6.45) is 0.978. The van der Waals surface area contributed by atoms with E-state index in [0.717, 1.165) is 54.1 Å². The number of non-ortho nitro benzene ring substituents is 1. The van der Waals surface area contributed by atoms with E-state index in [-0.39, 0.29) is 16.3 Å². The Kier molecular flexibility index (Phi) is 6.60. The van der Waals surface area contributed by atoms with Gasteiger partial charge in [-0.2, -0.15) is 0 Å². The zero-order chi connectivity index (χ0) is 24.2. The van der Waals surface area contributed by atoms with Crippen molar-refractivity contribution >= 4 is 45.7 Å². The van der Waals surface area contributed by atoms with Crippen molar-refractivity contribution in [1.82, 2.24) is 4.98 Å². The minimum atomic E-state index is -1.28. The van der Waals surface area contributed by atoms with Gasteiger partial charge < -0.3 is 15.7 Å². The molecule has 0 atom stereocenters. The van der Waals surface area contributed by atoms with Gasteiger partial charge >= 0.3 is 5.97 Å². The van der Waals surface area contributed by atoms with E-state index in [9.17, 15) is 14.9 Å². The number of para-hydroxylation sites is 1. The third-order valence-electron chi connectivity index (χ3n) is 5.55. The molecule has 3 N–H and O–H groups in total. The molecule has 5 rings (SSSR count). The van der Waals surface area contributed by atoms with Gasteiger partial charge in [0.1, 0.15) is 5.82 Å². The Balaban J connectivity index is 0.000000182. The van der Waals surface area contributed by atoms with Crippen LogP contribution in [0.25, 0.3) is 10.9 Å². The summed E-state index contributed by atoms with van der Waals surface area (Å²) in [5, 5.41) is 19.9. The standard InChI is InChI=1S/C18H17N3.C7H4ClNO4/c19-17-14-8-4-5-9-16(14)20-18-15(17)10-11-21(18)12-13-6-2-1-3-7-13;8-6-2-1-4(9(12)13)3-5(6)7(10)11/h1-9H,10-12H2,(H2,19,20);1-3H,(H,10,11). The van der Waals surface area contributed by atoms with Crippen LogP contribution in [0.5, 0.6) is 0 Å². The normalized spacial score (nSPS) is 12.1. The minimum absolute atomic E-state index is 0.0156. The van der Waals surface area contributed by atoms with Crippen LogP contribution >= 0.6 is 11.6 Å². The number of nitrogens with two attached hydrogens (primary N) is 1. The Bertz CT molecular complexity index is 1380. The lowest BCUT2D eigenvalue weighted by molar-refractivity contribution is -0.384. The Labute approximate surface area is 200 Å². The summed E-state index contributed by atoms with van der Waals surface area (Å²) in [6, 6.07) is 21.9. The molecule has 4 aromatic rings. The largest absolute Gasteiger partial charge is 0.478 e. The zero-order valence-corrected chi connectivity index (χ0v) is 18.8. The second-order valence-corrected chi connectivity index (χ2v) is 8.14. The van der Waals surface area contributed by atoms with Crippen LogP contribution in [0.2, 0.25) is 5.02 Å².